The van der Waals surface area contributed by atoms with Crippen LogP contribution in [0.25, 0.3) is 0 Å². The Morgan fingerprint density at radius 1 is 1.21 bits per heavy atom. The van der Waals surface area contributed by atoms with Gasteiger partial charge in [-0.25, -0.2) is 0 Å². The average Bonchev–Trinajstić information content (AvgIpc) is 2.02. The molecule has 0 aliphatic heterocycles. The van der Waals surface area contributed by atoms with Crippen molar-refractivity contribution in [1.29, 1.82) is 0 Å². The topological polar surface area (TPSA) is 29.1 Å². The molecule has 0 aromatic carbocycles. The fourth-order valence-electron chi connectivity index (χ4n) is 1.21. The van der Waals surface area contributed by atoms with Crippen molar-refractivity contribution in [2.24, 2.45) is 0 Å². The molecule has 0 rings (SSSR count). The van der Waals surface area contributed by atoms with Crippen molar-refractivity contribution in [2.45, 2.75) is 32.6 Å². The number of quaternary nitrogens is 1. The lowest BCUT2D eigenvalue weighted by molar-refractivity contribution is -0.870. The van der Waals surface area contributed by atoms with Crippen molar-refractivity contribution in [2.75, 3.05) is 34.2 Å². The molecule has 3 nitrogen and oxygen atoms in total. The van der Waals surface area contributed by atoms with E-state index in [1.165, 1.54) is 0 Å². The molecule has 14 heavy (non-hydrogen) atoms. The number of unbranched alkanes of at least 4 members (excludes halogenated alkanes) is 1. The maximum absolute atomic E-state index is 11.3. The molecule has 0 saturated carbocycles. The van der Waals surface area contributed by atoms with E-state index in [4.69, 9.17) is 0 Å². The molecule has 0 bridgehead atoms. The number of amides is 1. The van der Waals surface area contributed by atoms with E-state index in [0.29, 0.717) is 6.42 Å². The second-order valence-corrected chi connectivity index (χ2v) is 4.82. The normalized spacial score (nSPS) is 11.4. The summed E-state index contributed by atoms with van der Waals surface area (Å²) in [7, 11) is 6.44. The molecular weight excluding hydrogens is 176 g/mol. The van der Waals surface area contributed by atoms with Crippen LogP contribution in [-0.2, 0) is 4.79 Å². The molecule has 0 unspecified atom stereocenters. The van der Waals surface area contributed by atoms with Crippen LogP contribution in [0.5, 0.6) is 0 Å². The molecule has 0 aromatic heterocycles. The molecule has 0 aliphatic rings. The Balaban J connectivity index is 3.36. The molecule has 3 heteroatoms. The first kappa shape index (κ1) is 13.4. The maximum Gasteiger partial charge on any atom is 0.220 e. The lowest BCUT2D eigenvalue weighted by Gasteiger charge is -2.23. The van der Waals surface area contributed by atoms with Crippen molar-refractivity contribution >= 4 is 5.91 Å². The summed E-state index contributed by atoms with van der Waals surface area (Å²) in [5.41, 5.74) is 0. The van der Waals surface area contributed by atoms with E-state index in [9.17, 15) is 4.79 Å². The largest absolute Gasteiger partial charge is 0.356 e. The van der Waals surface area contributed by atoms with Gasteiger partial charge in [-0.3, -0.25) is 4.79 Å². The Kier molecular flexibility index (Phi) is 6.54. The molecule has 1 N–H and O–H groups in total. The summed E-state index contributed by atoms with van der Waals surface area (Å²) in [5.74, 6) is 0.201. The summed E-state index contributed by atoms with van der Waals surface area (Å²) in [6, 6.07) is 0. The molecule has 0 saturated heterocycles. The third-order valence-electron chi connectivity index (χ3n) is 2.09. The summed E-state index contributed by atoms with van der Waals surface area (Å²) in [6.07, 6.45) is 3.86. The summed E-state index contributed by atoms with van der Waals surface area (Å²) in [6.45, 7) is 4.02. The molecule has 0 fully saturated rings. The minimum atomic E-state index is 0.201. The molecule has 1 amide bonds. The predicted octanol–water partition coefficient (Wildman–Crippen LogP) is 1.39. The van der Waals surface area contributed by atoms with Gasteiger partial charge in [-0.1, -0.05) is 13.3 Å². The average molecular weight is 201 g/mol. The zero-order valence-corrected chi connectivity index (χ0v) is 10.1. The van der Waals surface area contributed by atoms with E-state index in [1.807, 2.05) is 0 Å². The maximum atomic E-state index is 11.3. The summed E-state index contributed by atoms with van der Waals surface area (Å²) >= 11 is 0. The van der Waals surface area contributed by atoms with Gasteiger partial charge in [-0.05, 0) is 6.42 Å². The van der Waals surface area contributed by atoms with E-state index in [2.05, 4.69) is 33.4 Å². The van der Waals surface area contributed by atoms with Crippen molar-refractivity contribution in [1.82, 2.24) is 5.32 Å². The highest BCUT2D eigenvalue weighted by Gasteiger charge is 2.08. The molecule has 0 aliphatic carbocycles. The Morgan fingerprint density at radius 2 is 1.86 bits per heavy atom. The standard InChI is InChI=1S/C11H24N2O/c1-5-6-9-12-11(14)8-7-10-13(2,3)4/h5-10H2,1-4H3/p+1. The summed E-state index contributed by atoms with van der Waals surface area (Å²) in [5, 5.41) is 2.92. The first-order valence-corrected chi connectivity index (χ1v) is 5.53. The highest BCUT2D eigenvalue weighted by Crippen LogP contribution is 1.97. The number of nitrogens with one attached hydrogen (secondary N) is 1. The van der Waals surface area contributed by atoms with Crippen LogP contribution in [0.1, 0.15) is 32.6 Å². The zero-order chi connectivity index (χ0) is 11.0. The van der Waals surface area contributed by atoms with Gasteiger partial charge in [0.25, 0.3) is 0 Å². The van der Waals surface area contributed by atoms with Gasteiger partial charge >= 0.3 is 0 Å². The van der Waals surface area contributed by atoms with Gasteiger partial charge in [0.15, 0.2) is 0 Å². The van der Waals surface area contributed by atoms with Crippen LogP contribution in [0.2, 0.25) is 0 Å². The van der Waals surface area contributed by atoms with Gasteiger partial charge in [-0.15, -0.1) is 0 Å². The Labute approximate surface area is 88.1 Å². The van der Waals surface area contributed by atoms with E-state index in [0.717, 1.165) is 36.8 Å². The second kappa shape index (κ2) is 6.82. The Morgan fingerprint density at radius 3 is 2.36 bits per heavy atom. The minimum Gasteiger partial charge on any atom is -0.356 e. The second-order valence-electron chi connectivity index (χ2n) is 4.82. The van der Waals surface area contributed by atoms with Gasteiger partial charge in [0.2, 0.25) is 5.91 Å². The minimum absolute atomic E-state index is 0.201. The molecule has 0 aromatic rings. The van der Waals surface area contributed by atoms with Crippen LogP contribution >= 0.6 is 0 Å². The van der Waals surface area contributed by atoms with Crippen molar-refractivity contribution in [3.05, 3.63) is 0 Å². The van der Waals surface area contributed by atoms with E-state index in [1.54, 1.807) is 0 Å². The van der Waals surface area contributed by atoms with Gasteiger partial charge in [0.05, 0.1) is 27.7 Å². The first-order valence-electron chi connectivity index (χ1n) is 5.53. The van der Waals surface area contributed by atoms with Crippen LogP contribution in [0.15, 0.2) is 0 Å². The molecule has 84 valence electrons. The number of hydrogen-bond acceptors (Lipinski definition) is 1. The number of carbonyl (C=O) groups excluding carboxylic acids is 1. The monoisotopic (exact) mass is 201 g/mol. The smallest absolute Gasteiger partial charge is 0.220 e. The fourth-order valence-corrected chi connectivity index (χ4v) is 1.21. The number of hydrogen-bond donors (Lipinski definition) is 1. The van der Waals surface area contributed by atoms with Crippen LogP contribution in [0.3, 0.4) is 0 Å². The van der Waals surface area contributed by atoms with Gasteiger partial charge < -0.3 is 9.80 Å². The third kappa shape index (κ3) is 9.52. The number of carbonyl (C=O) groups is 1. The lowest BCUT2D eigenvalue weighted by atomic mass is 10.2. The molecule has 0 spiro atoms. The zero-order valence-electron chi connectivity index (χ0n) is 10.1. The molecular formula is C11H25N2O+. The predicted molar refractivity (Wildman–Crippen MR) is 60.1 cm³/mol. The van der Waals surface area contributed by atoms with E-state index in [-0.39, 0.29) is 5.91 Å². The van der Waals surface area contributed by atoms with Crippen LogP contribution in [0, 0.1) is 0 Å². The number of rotatable bonds is 7. The third-order valence-corrected chi connectivity index (χ3v) is 2.09. The molecule has 0 atom stereocenters. The van der Waals surface area contributed by atoms with Crippen LogP contribution in [0.4, 0.5) is 0 Å². The van der Waals surface area contributed by atoms with Crippen molar-refractivity contribution in [3.63, 3.8) is 0 Å². The first-order chi connectivity index (χ1) is 6.45. The number of nitrogens with zero attached hydrogens (tertiary/aromatic N) is 1. The van der Waals surface area contributed by atoms with Gasteiger partial charge in [0.1, 0.15) is 0 Å². The Bertz CT molecular complexity index is 161. The van der Waals surface area contributed by atoms with E-state index < -0.39 is 0 Å². The van der Waals surface area contributed by atoms with Crippen LogP contribution < -0.4 is 5.32 Å². The SMILES string of the molecule is CCCCNC(=O)CCC[N+](C)(C)C. The fraction of sp³-hybridized carbons (Fsp3) is 0.909. The van der Waals surface area contributed by atoms with Crippen LogP contribution in [-0.4, -0.2) is 44.6 Å². The van der Waals surface area contributed by atoms with Crippen molar-refractivity contribution < 1.29 is 9.28 Å². The van der Waals surface area contributed by atoms with Crippen molar-refractivity contribution in [3.8, 4) is 0 Å². The highest BCUT2D eigenvalue weighted by molar-refractivity contribution is 5.75. The van der Waals surface area contributed by atoms with Gasteiger partial charge in [-0.2, -0.15) is 0 Å². The lowest BCUT2D eigenvalue weighted by Crippen LogP contribution is -2.36. The van der Waals surface area contributed by atoms with Gasteiger partial charge in [0, 0.05) is 19.4 Å². The van der Waals surface area contributed by atoms with E-state index >= 15 is 0 Å². The summed E-state index contributed by atoms with van der Waals surface area (Å²) in [4.78, 5) is 11.3. The highest BCUT2D eigenvalue weighted by atomic mass is 16.1. The quantitative estimate of drug-likeness (QED) is 0.489. The Hall–Kier alpha value is -0.570. The summed E-state index contributed by atoms with van der Waals surface area (Å²) < 4.78 is 0.933. The molecule has 0 heterocycles. The molecule has 0 radical (unpaired) electrons.